The molecule has 0 aliphatic rings. The number of pyridine rings is 1. The lowest BCUT2D eigenvalue weighted by Crippen LogP contribution is -2.21. The SMILES string of the molecule is C=CCn1ccc(=O)c(OCc2ccccc2)c1C(=O)OC. The summed E-state index contributed by atoms with van der Waals surface area (Å²) in [5.41, 5.74) is 0.624. The van der Waals surface area contributed by atoms with Crippen molar-refractivity contribution in [1.29, 1.82) is 0 Å². The summed E-state index contributed by atoms with van der Waals surface area (Å²) in [7, 11) is 1.26. The van der Waals surface area contributed by atoms with Crippen LogP contribution in [-0.4, -0.2) is 17.6 Å². The fraction of sp³-hybridized carbons (Fsp3) is 0.176. The average molecular weight is 299 g/mol. The molecule has 0 atom stereocenters. The van der Waals surface area contributed by atoms with E-state index in [9.17, 15) is 9.59 Å². The third kappa shape index (κ3) is 3.44. The summed E-state index contributed by atoms with van der Waals surface area (Å²) in [5.74, 6) is -0.636. The van der Waals surface area contributed by atoms with E-state index in [0.29, 0.717) is 6.54 Å². The van der Waals surface area contributed by atoms with Gasteiger partial charge in [-0.3, -0.25) is 4.79 Å². The molecule has 2 aromatic rings. The highest BCUT2D eigenvalue weighted by Crippen LogP contribution is 2.16. The first-order chi connectivity index (χ1) is 10.7. The molecule has 1 heterocycles. The Bertz CT molecular complexity index is 719. The highest BCUT2D eigenvalue weighted by atomic mass is 16.5. The topological polar surface area (TPSA) is 57.5 Å². The van der Waals surface area contributed by atoms with Gasteiger partial charge in [0.15, 0.2) is 11.4 Å². The summed E-state index contributed by atoms with van der Waals surface area (Å²) in [6, 6.07) is 10.8. The van der Waals surface area contributed by atoms with E-state index in [2.05, 4.69) is 6.58 Å². The van der Waals surface area contributed by atoms with E-state index in [4.69, 9.17) is 9.47 Å². The van der Waals surface area contributed by atoms with E-state index in [1.54, 1.807) is 10.6 Å². The Morgan fingerprint density at radius 1 is 1.27 bits per heavy atom. The molecule has 0 saturated heterocycles. The molecular weight excluding hydrogens is 282 g/mol. The van der Waals surface area contributed by atoms with Gasteiger partial charge in [0, 0.05) is 18.8 Å². The maximum atomic E-state index is 12.1. The molecule has 0 saturated carbocycles. The Kier molecular flexibility index (Phi) is 5.14. The first kappa shape index (κ1) is 15.6. The molecule has 0 amide bonds. The zero-order valence-electron chi connectivity index (χ0n) is 12.3. The van der Waals surface area contributed by atoms with Crippen LogP contribution in [0.3, 0.4) is 0 Å². The minimum atomic E-state index is -0.623. The first-order valence-electron chi connectivity index (χ1n) is 6.76. The maximum absolute atomic E-state index is 12.1. The standard InChI is InChI=1S/C17H17NO4/c1-3-10-18-11-9-14(19)16(15(18)17(20)21-2)22-12-13-7-5-4-6-8-13/h3-9,11H,1,10,12H2,2H3. The summed E-state index contributed by atoms with van der Waals surface area (Å²) in [6.45, 7) is 4.20. The molecular formula is C17H17NO4. The van der Waals surface area contributed by atoms with Crippen molar-refractivity contribution in [1.82, 2.24) is 4.57 Å². The average Bonchev–Trinajstić information content (AvgIpc) is 2.55. The smallest absolute Gasteiger partial charge is 0.358 e. The molecule has 0 N–H and O–H groups in total. The van der Waals surface area contributed by atoms with E-state index >= 15 is 0 Å². The van der Waals surface area contributed by atoms with Gasteiger partial charge in [-0.15, -0.1) is 6.58 Å². The Morgan fingerprint density at radius 3 is 2.64 bits per heavy atom. The number of esters is 1. The van der Waals surface area contributed by atoms with E-state index < -0.39 is 5.97 Å². The molecule has 1 aromatic heterocycles. The zero-order chi connectivity index (χ0) is 15.9. The fourth-order valence-corrected chi connectivity index (χ4v) is 2.02. The number of ether oxygens (including phenoxy) is 2. The number of methoxy groups -OCH3 is 1. The molecule has 0 aliphatic heterocycles. The van der Waals surface area contributed by atoms with E-state index in [0.717, 1.165) is 5.56 Å². The highest BCUT2D eigenvalue weighted by molar-refractivity contribution is 5.90. The van der Waals surface area contributed by atoms with Gasteiger partial charge >= 0.3 is 5.97 Å². The van der Waals surface area contributed by atoms with Crippen molar-refractivity contribution >= 4 is 5.97 Å². The number of hydrogen-bond donors (Lipinski definition) is 0. The lowest BCUT2D eigenvalue weighted by Gasteiger charge is -2.14. The van der Waals surface area contributed by atoms with Crippen LogP contribution in [0.2, 0.25) is 0 Å². The molecule has 0 radical (unpaired) electrons. The number of benzene rings is 1. The molecule has 1 aromatic carbocycles. The van der Waals surface area contributed by atoms with Crippen LogP contribution in [0.1, 0.15) is 16.1 Å². The second kappa shape index (κ2) is 7.26. The number of aromatic nitrogens is 1. The van der Waals surface area contributed by atoms with Crippen LogP contribution in [0.4, 0.5) is 0 Å². The van der Waals surface area contributed by atoms with Crippen molar-refractivity contribution in [3.63, 3.8) is 0 Å². The van der Waals surface area contributed by atoms with Gasteiger partial charge < -0.3 is 14.0 Å². The second-order valence-corrected chi connectivity index (χ2v) is 4.56. The number of carbonyl (C=O) groups excluding carboxylic acids is 1. The van der Waals surface area contributed by atoms with Crippen molar-refractivity contribution in [2.45, 2.75) is 13.2 Å². The molecule has 0 fully saturated rings. The van der Waals surface area contributed by atoms with Crippen molar-refractivity contribution < 1.29 is 14.3 Å². The van der Waals surface area contributed by atoms with Gasteiger partial charge in [-0.1, -0.05) is 36.4 Å². The van der Waals surface area contributed by atoms with E-state index in [-0.39, 0.29) is 23.5 Å². The molecule has 114 valence electrons. The number of carbonyl (C=O) groups is 1. The Labute approximate surface area is 128 Å². The maximum Gasteiger partial charge on any atom is 0.358 e. The Morgan fingerprint density at radius 2 is 2.00 bits per heavy atom. The second-order valence-electron chi connectivity index (χ2n) is 4.56. The predicted molar refractivity (Wildman–Crippen MR) is 83.0 cm³/mol. The van der Waals surface area contributed by atoms with Gasteiger partial charge in [0.25, 0.3) is 0 Å². The van der Waals surface area contributed by atoms with Gasteiger partial charge in [-0.2, -0.15) is 0 Å². The molecule has 0 unspecified atom stereocenters. The lowest BCUT2D eigenvalue weighted by molar-refractivity contribution is 0.0581. The van der Waals surface area contributed by atoms with Crippen molar-refractivity contribution in [3.8, 4) is 5.75 Å². The first-order valence-corrected chi connectivity index (χ1v) is 6.76. The van der Waals surface area contributed by atoms with Crippen LogP contribution in [0, 0.1) is 0 Å². The molecule has 0 aliphatic carbocycles. The number of nitrogens with zero attached hydrogens (tertiary/aromatic N) is 1. The van der Waals surface area contributed by atoms with Crippen LogP contribution in [0.15, 0.2) is 60.0 Å². The molecule has 2 rings (SSSR count). The minimum Gasteiger partial charge on any atom is -0.482 e. The Hall–Kier alpha value is -2.82. The van der Waals surface area contributed by atoms with Crippen molar-refractivity contribution in [3.05, 3.63) is 76.7 Å². The quantitative estimate of drug-likeness (QED) is 0.607. The summed E-state index contributed by atoms with van der Waals surface area (Å²) >= 11 is 0. The van der Waals surface area contributed by atoms with Crippen molar-refractivity contribution in [2.24, 2.45) is 0 Å². The molecule has 5 heteroatoms. The minimum absolute atomic E-state index is 0.0138. The third-order valence-corrected chi connectivity index (χ3v) is 3.06. The van der Waals surface area contributed by atoms with E-state index in [1.165, 1.54) is 19.4 Å². The number of allylic oxidation sites excluding steroid dienone is 1. The van der Waals surface area contributed by atoms with E-state index in [1.807, 2.05) is 30.3 Å². The lowest BCUT2D eigenvalue weighted by atomic mass is 10.2. The van der Waals surface area contributed by atoms with Gasteiger partial charge in [0.05, 0.1) is 7.11 Å². The molecule has 0 spiro atoms. The molecule has 5 nitrogen and oxygen atoms in total. The van der Waals surface area contributed by atoms with Crippen LogP contribution < -0.4 is 10.2 Å². The van der Waals surface area contributed by atoms with Gasteiger partial charge in [-0.25, -0.2) is 4.79 Å². The largest absolute Gasteiger partial charge is 0.482 e. The predicted octanol–water partition coefficient (Wildman–Crippen LogP) is 2.40. The van der Waals surface area contributed by atoms with Crippen LogP contribution in [-0.2, 0) is 17.9 Å². The summed E-state index contributed by atoms with van der Waals surface area (Å²) < 4.78 is 11.9. The van der Waals surface area contributed by atoms with Crippen molar-refractivity contribution in [2.75, 3.05) is 7.11 Å². The van der Waals surface area contributed by atoms with Gasteiger partial charge in [0.2, 0.25) is 5.43 Å². The highest BCUT2D eigenvalue weighted by Gasteiger charge is 2.20. The van der Waals surface area contributed by atoms with Gasteiger partial charge in [0.1, 0.15) is 6.61 Å². The summed E-state index contributed by atoms with van der Waals surface area (Å²) in [6.07, 6.45) is 3.14. The number of rotatable bonds is 6. The van der Waals surface area contributed by atoms with Crippen LogP contribution in [0.5, 0.6) is 5.75 Å². The fourth-order valence-electron chi connectivity index (χ4n) is 2.02. The zero-order valence-corrected chi connectivity index (χ0v) is 12.3. The molecule has 0 bridgehead atoms. The molecule has 22 heavy (non-hydrogen) atoms. The number of hydrogen-bond acceptors (Lipinski definition) is 4. The third-order valence-electron chi connectivity index (χ3n) is 3.06. The summed E-state index contributed by atoms with van der Waals surface area (Å²) in [4.78, 5) is 24.1. The normalized spacial score (nSPS) is 10.0. The monoisotopic (exact) mass is 299 g/mol. The Balaban J connectivity index is 2.39. The van der Waals surface area contributed by atoms with Crippen LogP contribution >= 0.6 is 0 Å². The van der Waals surface area contributed by atoms with Gasteiger partial charge in [-0.05, 0) is 5.56 Å². The summed E-state index contributed by atoms with van der Waals surface area (Å²) in [5, 5.41) is 0. The van der Waals surface area contributed by atoms with Crippen LogP contribution in [0.25, 0.3) is 0 Å².